The monoisotopic (exact) mass is 193 g/mol. The lowest BCUT2D eigenvalue weighted by atomic mass is 10.2. The van der Waals surface area contributed by atoms with Crippen molar-refractivity contribution in [2.45, 2.75) is 13.8 Å². The summed E-state index contributed by atoms with van der Waals surface area (Å²) < 4.78 is 0. The molecule has 0 atom stereocenters. The van der Waals surface area contributed by atoms with Crippen molar-refractivity contribution in [3.8, 4) is 0 Å². The molecule has 4 heteroatoms. The number of nitrogens with two attached hydrogens (primary N) is 1. The third-order valence-corrected chi connectivity index (χ3v) is 1.87. The lowest BCUT2D eigenvalue weighted by Gasteiger charge is -2.07. The highest BCUT2D eigenvalue weighted by atomic mass is 16.2. The van der Waals surface area contributed by atoms with E-state index in [-0.39, 0.29) is 6.03 Å². The van der Waals surface area contributed by atoms with Crippen LogP contribution in [0.3, 0.4) is 0 Å². The molecule has 0 radical (unpaired) electrons. The van der Waals surface area contributed by atoms with Crippen molar-refractivity contribution in [2.24, 2.45) is 0 Å². The SMILES string of the molecule is CCNC(=O)Nc1ccc(N)c(C)c1. The van der Waals surface area contributed by atoms with Crippen LogP contribution in [0, 0.1) is 6.92 Å². The molecule has 0 aliphatic heterocycles. The van der Waals surface area contributed by atoms with Crippen molar-refractivity contribution in [3.05, 3.63) is 23.8 Å². The van der Waals surface area contributed by atoms with Crippen molar-refractivity contribution in [1.29, 1.82) is 0 Å². The second-order valence-corrected chi connectivity index (χ2v) is 3.06. The number of nitrogens with one attached hydrogen (secondary N) is 2. The highest BCUT2D eigenvalue weighted by Gasteiger charge is 2.00. The Labute approximate surface area is 83.5 Å². The molecule has 0 aliphatic carbocycles. The van der Waals surface area contributed by atoms with Gasteiger partial charge in [0.2, 0.25) is 0 Å². The molecule has 0 aliphatic rings. The van der Waals surface area contributed by atoms with Gasteiger partial charge in [-0.3, -0.25) is 0 Å². The van der Waals surface area contributed by atoms with Gasteiger partial charge < -0.3 is 16.4 Å². The number of anilines is 2. The minimum absolute atomic E-state index is 0.198. The molecule has 0 bridgehead atoms. The predicted molar refractivity (Wildman–Crippen MR) is 58.3 cm³/mol. The third-order valence-electron chi connectivity index (χ3n) is 1.87. The first kappa shape index (κ1) is 10.4. The molecule has 14 heavy (non-hydrogen) atoms. The molecule has 1 aromatic carbocycles. The van der Waals surface area contributed by atoms with Crippen LogP contribution in [0.2, 0.25) is 0 Å². The Morgan fingerprint density at radius 2 is 2.21 bits per heavy atom. The largest absolute Gasteiger partial charge is 0.399 e. The van der Waals surface area contributed by atoms with Crippen LogP contribution in [0.5, 0.6) is 0 Å². The Morgan fingerprint density at radius 1 is 1.50 bits per heavy atom. The molecular weight excluding hydrogens is 178 g/mol. The molecule has 0 heterocycles. The number of carbonyl (C=O) groups excluding carboxylic acids is 1. The zero-order valence-electron chi connectivity index (χ0n) is 8.42. The van der Waals surface area contributed by atoms with Gasteiger partial charge in [0.1, 0.15) is 0 Å². The molecule has 0 fully saturated rings. The second-order valence-electron chi connectivity index (χ2n) is 3.06. The Balaban J connectivity index is 2.68. The van der Waals surface area contributed by atoms with E-state index in [0.29, 0.717) is 6.54 Å². The fraction of sp³-hybridized carbons (Fsp3) is 0.300. The van der Waals surface area contributed by atoms with E-state index >= 15 is 0 Å². The summed E-state index contributed by atoms with van der Waals surface area (Å²) in [6.45, 7) is 4.38. The van der Waals surface area contributed by atoms with Gasteiger partial charge in [-0.1, -0.05) is 0 Å². The highest BCUT2D eigenvalue weighted by molar-refractivity contribution is 5.89. The van der Waals surface area contributed by atoms with E-state index in [2.05, 4.69) is 10.6 Å². The van der Waals surface area contributed by atoms with Crippen molar-refractivity contribution >= 4 is 17.4 Å². The molecule has 4 nitrogen and oxygen atoms in total. The molecule has 0 unspecified atom stereocenters. The van der Waals surface area contributed by atoms with E-state index in [1.807, 2.05) is 19.9 Å². The average Bonchev–Trinajstić information content (AvgIpc) is 2.12. The summed E-state index contributed by atoms with van der Waals surface area (Å²) in [7, 11) is 0. The third kappa shape index (κ3) is 2.65. The van der Waals surface area contributed by atoms with Crippen LogP contribution < -0.4 is 16.4 Å². The first-order chi connectivity index (χ1) is 6.63. The maximum Gasteiger partial charge on any atom is 0.319 e. The molecule has 76 valence electrons. The normalized spacial score (nSPS) is 9.57. The Kier molecular flexibility index (Phi) is 3.34. The molecule has 2 amide bonds. The van der Waals surface area contributed by atoms with Crippen LogP contribution >= 0.6 is 0 Å². The highest BCUT2D eigenvalue weighted by Crippen LogP contribution is 2.16. The van der Waals surface area contributed by atoms with Gasteiger partial charge >= 0.3 is 6.03 Å². The number of rotatable bonds is 2. The van der Waals surface area contributed by atoms with Crippen molar-refractivity contribution in [3.63, 3.8) is 0 Å². The number of urea groups is 1. The quantitative estimate of drug-likeness (QED) is 0.626. The molecule has 0 spiro atoms. The van der Waals surface area contributed by atoms with Crippen molar-refractivity contribution < 1.29 is 4.79 Å². The lowest BCUT2D eigenvalue weighted by molar-refractivity contribution is 0.252. The minimum Gasteiger partial charge on any atom is -0.399 e. The first-order valence-corrected chi connectivity index (χ1v) is 4.54. The molecule has 1 rings (SSSR count). The second kappa shape index (κ2) is 4.50. The standard InChI is InChI=1S/C10H15N3O/c1-3-12-10(14)13-8-4-5-9(11)7(2)6-8/h4-6H,3,11H2,1-2H3,(H2,12,13,14). The van der Waals surface area contributed by atoms with Crippen LogP contribution in [0.15, 0.2) is 18.2 Å². The first-order valence-electron chi connectivity index (χ1n) is 4.54. The van der Waals surface area contributed by atoms with Crippen molar-refractivity contribution in [2.75, 3.05) is 17.6 Å². The van der Waals surface area contributed by atoms with Crippen LogP contribution in [-0.2, 0) is 0 Å². The summed E-state index contributed by atoms with van der Waals surface area (Å²) in [5.41, 5.74) is 8.09. The fourth-order valence-corrected chi connectivity index (χ4v) is 1.09. The van der Waals surface area contributed by atoms with Crippen molar-refractivity contribution in [1.82, 2.24) is 5.32 Å². The Morgan fingerprint density at radius 3 is 2.79 bits per heavy atom. The maximum atomic E-state index is 11.2. The minimum atomic E-state index is -0.198. The zero-order chi connectivity index (χ0) is 10.6. The number of aryl methyl sites for hydroxylation is 1. The summed E-state index contributed by atoms with van der Waals surface area (Å²) in [5, 5.41) is 5.35. The average molecular weight is 193 g/mol. The van der Waals surface area contributed by atoms with Gasteiger partial charge in [0.05, 0.1) is 0 Å². The van der Waals surface area contributed by atoms with Gasteiger partial charge in [0.25, 0.3) is 0 Å². The van der Waals surface area contributed by atoms with Gasteiger partial charge in [-0.05, 0) is 37.6 Å². The topological polar surface area (TPSA) is 67.2 Å². The zero-order valence-corrected chi connectivity index (χ0v) is 8.42. The van der Waals surface area contributed by atoms with Crippen LogP contribution in [0.4, 0.5) is 16.2 Å². The smallest absolute Gasteiger partial charge is 0.319 e. The summed E-state index contributed by atoms with van der Waals surface area (Å²) in [5.74, 6) is 0. The molecule has 0 aromatic heterocycles. The summed E-state index contributed by atoms with van der Waals surface area (Å²) in [4.78, 5) is 11.2. The Hall–Kier alpha value is -1.71. The molecule has 0 saturated heterocycles. The van der Waals surface area contributed by atoms with Gasteiger partial charge in [0.15, 0.2) is 0 Å². The van der Waals surface area contributed by atoms with E-state index in [4.69, 9.17) is 5.73 Å². The van der Waals surface area contributed by atoms with Crippen LogP contribution in [-0.4, -0.2) is 12.6 Å². The molecular formula is C10H15N3O. The van der Waals surface area contributed by atoms with Crippen LogP contribution in [0.1, 0.15) is 12.5 Å². The molecule has 0 saturated carbocycles. The number of carbonyl (C=O) groups is 1. The Bertz CT molecular complexity index is 336. The van der Waals surface area contributed by atoms with E-state index in [1.54, 1.807) is 12.1 Å². The van der Waals surface area contributed by atoms with E-state index in [0.717, 1.165) is 16.9 Å². The van der Waals surface area contributed by atoms with Gasteiger partial charge in [-0.25, -0.2) is 4.79 Å². The number of nitrogen functional groups attached to an aromatic ring is 1. The number of benzene rings is 1. The summed E-state index contributed by atoms with van der Waals surface area (Å²) in [6.07, 6.45) is 0. The lowest BCUT2D eigenvalue weighted by Crippen LogP contribution is -2.28. The summed E-state index contributed by atoms with van der Waals surface area (Å²) >= 11 is 0. The van der Waals surface area contributed by atoms with Gasteiger partial charge in [0, 0.05) is 17.9 Å². The van der Waals surface area contributed by atoms with E-state index < -0.39 is 0 Å². The number of hydrogen-bond acceptors (Lipinski definition) is 2. The summed E-state index contributed by atoms with van der Waals surface area (Å²) in [6, 6.07) is 5.19. The maximum absolute atomic E-state index is 11.2. The van der Waals surface area contributed by atoms with E-state index in [9.17, 15) is 4.79 Å². The number of amides is 2. The van der Waals surface area contributed by atoms with E-state index in [1.165, 1.54) is 0 Å². The predicted octanol–water partition coefficient (Wildman–Crippen LogP) is 1.72. The van der Waals surface area contributed by atoms with Gasteiger partial charge in [-0.15, -0.1) is 0 Å². The van der Waals surface area contributed by atoms with Gasteiger partial charge in [-0.2, -0.15) is 0 Å². The number of hydrogen-bond donors (Lipinski definition) is 3. The van der Waals surface area contributed by atoms with Crippen LogP contribution in [0.25, 0.3) is 0 Å². The fourth-order valence-electron chi connectivity index (χ4n) is 1.09. The molecule has 1 aromatic rings. The molecule has 4 N–H and O–H groups in total.